The predicted molar refractivity (Wildman–Crippen MR) is 95.4 cm³/mol. The van der Waals surface area contributed by atoms with Gasteiger partial charge in [0, 0.05) is 17.7 Å². The summed E-state index contributed by atoms with van der Waals surface area (Å²) < 4.78 is 6.59. The van der Waals surface area contributed by atoms with E-state index in [1.54, 1.807) is 16.9 Å². The van der Waals surface area contributed by atoms with Crippen molar-refractivity contribution < 1.29 is 14.5 Å². The van der Waals surface area contributed by atoms with Gasteiger partial charge in [0.05, 0.1) is 24.8 Å². The maximum Gasteiger partial charge on any atom is 0.311 e. The lowest BCUT2D eigenvalue weighted by Crippen LogP contribution is -2.16. The van der Waals surface area contributed by atoms with Crippen LogP contribution in [-0.2, 0) is 6.54 Å². The molecular weight excluding hydrogens is 336 g/mol. The van der Waals surface area contributed by atoms with Crippen LogP contribution in [0, 0.1) is 10.1 Å². The van der Waals surface area contributed by atoms with Crippen LogP contribution < -0.4 is 10.1 Å². The number of nitro groups is 1. The van der Waals surface area contributed by atoms with Gasteiger partial charge in [0.15, 0.2) is 5.75 Å². The summed E-state index contributed by atoms with van der Waals surface area (Å²) in [7, 11) is 1.34. The van der Waals surface area contributed by atoms with Gasteiger partial charge in [-0.2, -0.15) is 5.10 Å². The van der Waals surface area contributed by atoms with Crippen LogP contribution in [0.25, 0.3) is 0 Å². The first-order chi connectivity index (χ1) is 12.6. The van der Waals surface area contributed by atoms with Crippen molar-refractivity contribution in [3.8, 4) is 5.75 Å². The lowest BCUT2D eigenvalue weighted by atomic mass is 10.1. The molecule has 1 heterocycles. The average molecular weight is 352 g/mol. The molecule has 0 spiro atoms. The van der Waals surface area contributed by atoms with Crippen molar-refractivity contribution in [2.45, 2.75) is 6.54 Å². The fraction of sp³-hybridized carbons (Fsp3) is 0.111. The highest BCUT2D eigenvalue weighted by molar-refractivity contribution is 6.04. The van der Waals surface area contributed by atoms with Crippen LogP contribution in [0.4, 0.5) is 11.5 Å². The number of nitrogens with one attached hydrogen (secondary N) is 1. The van der Waals surface area contributed by atoms with Crippen molar-refractivity contribution in [2.24, 2.45) is 0 Å². The molecule has 0 bridgehead atoms. The molecular formula is C18H16N4O4. The molecule has 0 aliphatic carbocycles. The maximum absolute atomic E-state index is 12.5. The number of nitro benzene ring substituents is 1. The molecule has 132 valence electrons. The summed E-state index contributed by atoms with van der Waals surface area (Å²) >= 11 is 0. The summed E-state index contributed by atoms with van der Waals surface area (Å²) in [6.07, 6.45) is 1.58. The molecule has 0 aliphatic heterocycles. The van der Waals surface area contributed by atoms with Crippen molar-refractivity contribution in [2.75, 3.05) is 12.4 Å². The van der Waals surface area contributed by atoms with E-state index in [0.717, 1.165) is 5.56 Å². The zero-order chi connectivity index (χ0) is 18.5. The molecule has 26 heavy (non-hydrogen) atoms. The number of ether oxygens (including phenoxy) is 1. The van der Waals surface area contributed by atoms with Crippen LogP contribution >= 0.6 is 0 Å². The van der Waals surface area contributed by atoms with Crippen LogP contribution in [0.3, 0.4) is 0 Å². The zero-order valence-corrected chi connectivity index (χ0v) is 14.0. The maximum atomic E-state index is 12.5. The second-order valence-electron chi connectivity index (χ2n) is 5.46. The number of anilines is 1. The Bertz CT molecular complexity index is 937. The first kappa shape index (κ1) is 17.2. The molecule has 0 aliphatic rings. The van der Waals surface area contributed by atoms with Crippen molar-refractivity contribution in [1.82, 2.24) is 9.78 Å². The largest absolute Gasteiger partial charge is 0.490 e. The summed E-state index contributed by atoms with van der Waals surface area (Å²) in [5.74, 6) is 0.128. The van der Waals surface area contributed by atoms with Gasteiger partial charge in [-0.25, -0.2) is 4.68 Å². The summed E-state index contributed by atoms with van der Waals surface area (Å²) in [6.45, 7) is 0.492. The first-order valence-electron chi connectivity index (χ1n) is 7.78. The number of aromatic nitrogens is 2. The number of amides is 1. The number of hydrogen-bond acceptors (Lipinski definition) is 5. The van der Waals surface area contributed by atoms with E-state index >= 15 is 0 Å². The fourth-order valence-electron chi connectivity index (χ4n) is 2.48. The summed E-state index contributed by atoms with van der Waals surface area (Å²) in [5.41, 5.74) is 0.926. The van der Waals surface area contributed by atoms with Crippen LogP contribution in [0.5, 0.6) is 5.75 Å². The Morgan fingerprint density at radius 1 is 1.23 bits per heavy atom. The Labute approximate surface area is 149 Å². The molecule has 8 nitrogen and oxygen atoms in total. The molecule has 0 atom stereocenters. The topological polar surface area (TPSA) is 99.3 Å². The van der Waals surface area contributed by atoms with E-state index in [2.05, 4.69) is 10.4 Å². The van der Waals surface area contributed by atoms with Gasteiger partial charge in [0.2, 0.25) is 0 Å². The van der Waals surface area contributed by atoms with Crippen molar-refractivity contribution >= 4 is 17.4 Å². The highest BCUT2D eigenvalue weighted by atomic mass is 16.6. The van der Waals surface area contributed by atoms with Crippen molar-refractivity contribution in [3.63, 3.8) is 0 Å². The third-order valence-corrected chi connectivity index (χ3v) is 3.77. The monoisotopic (exact) mass is 352 g/mol. The third-order valence-electron chi connectivity index (χ3n) is 3.77. The Balaban J connectivity index is 1.80. The minimum atomic E-state index is -0.588. The van der Waals surface area contributed by atoms with Crippen molar-refractivity contribution in [1.29, 1.82) is 0 Å². The molecule has 0 radical (unpaired) electrons. The number of nitrogens with zero attached hydrogens (tertiary/aromatic N) is 3. The quantitative estimate of drug-likeness (QED) is 0.543. The Morgan fingerprint density at radius 2 is 2.00 bits per heavy atom. The van der Waals surface area contributed by atoms with Crippen LogP contribution in [0.15, 0.2) is 60.8 Å². The number of methoxy groups -OCH3 is 1. The van der Waals surface area contributed by atoms with Crippen molar-refractivity contribution in [3.05, 3.63) is 82.0 Å². The minimum Gasteiger partial charge on any atom is -0.490 e. The Morgan fingerprint density at radius 3 is 2.69 bits per heavy atom. The van der Waals surface area contributed by atoms with Gasteiger partial charge in [-0.1, -0.05) is 30.3 Å². The molecule has 3 aromatic rings. The van der Waals surface area contributed by atoms with Gasteiger partial charge in [-0.3, -0.25) is 14.9 Å². The van der Waals surface area contributed by atoms with Gasteiger partial charge >= 0.3 is 5.69 Å². The molecule has 2 aromatic carbocycles. The van der Waals surface area contributed by atoms with Gasteiger partial charge in [-0.05, 0) is 17.7 Å². The molecule has 1 aromatic heterocycles. The number of carbonyl (C=O) groups is 1. The van der Waals surface area contributed by atoms with Gasteiger partial charge in [-0.15, -0.1) is 0 Å². The zero-order valence-electron chi connectivity index (χ0n) is 14.0. The van der Waals surface area contributed by atoms with E-state index in [-0.39, 0.29) is 17.0 Å². The van der Waals surface area contributed by atoms with E-state index in [1.807, 2.05) is 30.3 Å². The molecule has 1 N–H and O–H groups in total. The third kappa shape index (κ3) is 3.69. The van der Waals surface area contributed by atoms with E-state index in [0.29, 0.717) is 12.4 Å². The minimum absolute atomic E-state index is 0.0978. The van der Waals surface area contributed by atoms with E-state index in [9.17, 15) is 14.9 Å². The highest BCUT2D eigenvalue weighted by Crippen LogP contribution is 2.27. The summed E-state index contributed by atoms with van der Waals surface area (Å²) in [5, 5.41) is 18.0. The van der Waals surface area contributed by atoms with Gasteiger partial charge in [0.25, 0.3) is 5.91 Å². The van der Waals surface area contributed by atoms with E-state index in [1.165, 1.54) is 25.3 Å². The number of benzene rings is 2. The van der Waals surface area contributed by atoms with Crippen LogP contribution in [0.2, 0.25) is 0 Å². The standard InChI is InChI=1S/C18H16N4O4/c1-26-16-8-7-14(11-15(16)22(24)25)18(23)20-17-9-10-19-21(17)12-13-5-3-2-4-6-13/h2-11H,12H2,1H3,(H,20,23). The first-order valence-corrected chi connectivity index (χ1v) is 7.78. The fourth-order valence-corrected chi connectivity index (χ4v) is 2.48. The molecule has 0 saturated carbocycles. The summed E-state index contributed by atoms with van der Waals surface area (Å²) in [6, 6.07) is 15.4. The smallest absolute Gasteiger partial charge is 0.311 e. The van der Waals surface area contributed by atoms with Gasteiger partial charge < -0.3 is 10.1 Å². The summed E-state index contributed by atoms with van der Waals surface area (Å²) in [4.78, 5) is 23.0. The Kier molecular flexibility index (Phi) is 4.93. The number of hydrogen-bond donors (Lipinski definition) is 1. The predicted octanol–water partition coefficient (Wildman–Crippen LogP) is 3.10. The SMILES string of the molecule is COc1ccc(C(=O)Nc2ccnn2Cc2ccccc2)cc1[N+](=O)[O-]. The van der Waals surface area contributed by atoms with E-state index in [4.69, 9.17) is 4.74 Å². The number of carbonyl (C=O) groups excluding carboxylic acids is 1. The Hall–Kier alpha value is -3.68. The normalized spacial score (nSPS) is 10.3. The number of rotatable bonds is 6. The lowest BCUT2D eigenvalue weighted by Gasteiger charge is -2.10. The molecule has 8 heteroatoms. The van der Waals surface area contributed by atoms with Crippen LogP contribution in [-0.4, -0.2) is 27.7 Å². The highest BCUT2D eigenvalue weighted by Gasteiger charge is 2.19. The molecule has 0 unspecified atom stereocenters. The lowest BCUT2D eigenvalue weighted by molar-refractivity contribution is -0.385. The second kappa shape index (κ2) is 7.47. The van der Waals surface area contributed by atoms with Gasteiger partial charge in [0.1, 0.15) is 5.82 Å². The molecule has 1 amide bonds. The average Bonchev–Trinajstić information content (AvgIpc) is 3.08. The van der Waals surface area contributed by atoms with Crippen LogP contribution in [0.1, 0.15) is 15.9 Å². The molecule has 0 fully saturated rings. The van der Waals surface area contributed by atoms with E-state index < -0.39 is 10.8 Å². The molecule has 3 rings (SSSR count). The molecule has 0 saturated heterocycles. The second-order valence-corrected chi connectivity index (χ2v) is 5.46.